The molecule has 0 spiro atoms. The topological polar surface area (TPSA) is 109 Å². The third kappa shape index (κ3) is 6.76. The maximum absolute atomic E-state index is 13.3. The number of hydrogen-bond donors (Lipinski definition) is 3. The van der Waals surface area contributed by atoms with Gasteiger partial charge in [-0.05, 0) is 69.9 Å². The fraction of sp³-hybridized carbons (Fsp3) is 0.960. The van der Waals surface area contributed by atoms with Gasteiger partial charge in [-0.25, -0.2) is 12.7 Å². The van der Waals surface area contributed by atoms with Gasteiger partial charge >= 0.3 is 0 Å². The van der Waals surface area contributed by atoms with Crippen LogP contribution in [0.3, 0.4) is 0 Å². The lowest BCUT2D eigenvalue weighted by Crippen LogP contribution is -2.50. The van der Waals surface area contributed by atoms with Crippen LogP contribution in [0.25, 0.3) is 0 Å². The quantitative estimate of drug-likeness (QED) is 0.376. The summed E-state index contributed by atoms with van der Waals surface area (Å²) in [6.45, 7) is 3.99. The lowest BCUT2D eigenvalue weighted by atomic mass is 9.92. The molecule has 3 heterocycles. The maximum atomic E-state index is 13.3. The Bertz CT molecular complexity index is 775. The first-order valence-corrected chi connectivity index (χ1v) is 15.2. The van der Waals surface area contributed by atoms with Crippen LogP contribution in [0.1, 0.15) is 64.2 Å². The molecule has 6 unspecified atom stereocenters. The Morgan fingerprint density at radius 3 is 2.54 bits per heavy atom. The van der Waals surface area contributed by atoms with Gasteiger partial charge in [-0.2, -0.15) is 0 Å². The van der Waals surface area contributed by atoms with Crippen molar-refractivity contribution in [1.29, 1.82) is 0 Å². The van der Waals surface area contributed by atoms with Crippen LogP contribution >= 0.6 is 0 Å². The molecule has 202 valence electrons. The molecule has 0 aromatic carbocycles. The van der Waals surface area contributed by atoms with Crippen molar-refractivity contribution in [3.8, 4) is 0 Å². The number of carbonyl (C=O) groups excluding carboxylic acids is 1. The zero-order valence-corrected chi connectivity index (χ0v) is 22.4. The first-order valence-electron chi connectivity index (χ1n) is 13.7. The highest BCUT2D eigenvalue weighted by Gasteiger charge is 2.43. The van der Waals surface area contributed by atoms with E-state index < -0.39 is 15.3 Å². The second-order valence-electron chi connectivity index (χ2n) is 11.0. The molecule has 3 saturated heterocycles. The molecule has 4 aliphatic rings. The van der Waals surface area contributed by atoms with Crippen LogP contribution in [0.2, 0.25) is 0 Å². The van der Waals surface area contributed by atoms with Gasteiger partial charge in [0.05, 0.1) is 18.2 Å². The van der Waals surface area contributed by atoms with E-state index in [-0.39, 0.29) is 24.2 Å². The lowest BCUT2D eigenvalue weighted by molar-refractivity contribution is -0.122. The first-order chi connectivity index (χ1) is 16.9. The van der Waals surface area contributed by atoms with Gasteiger partial charge in [0.25, 0.3) is 0 Å². The number of piperidine rings is 2. The van der Waals surface area contributed by atoms with E-state index in [1.165, 1.54) is 0 Å². The Morgan fingerprint density at radius 2 is 1.83 bits per heavy atom. The number of hydrogen-bond acceptors (Lipinski definition) is 7. The molecule has 1 amide bonds. The molecule has 0 aromatic rings. The van der Waals surface area contributed by atoms with E-state index >= 15 is 0 Å². The highest BCUT2D eigenvalue weighted by atomic mass is 32.2. The van der Waals surface area contributed by atoms with Crippen LogP contribution in [0.15, 0.2) is 0 Å². The molecule has 9 nitrogen and oxygen atoms in total. The van der Waals surface area contributed by atoms with Crippen LogP contribution in [0, 0.1) is 11.8 Å². The minimum absolute atomic E-state index is 0.0431. The number of carbonyl (C=O) groups is 1. The average Bonchev–Trinajstić information content (AvgIpc) is 3.33. The number of nitrogens with one attached hydrogen (secondary N) is 3. The van der Waals surface area contributed by atoms with E-state index in [2.05, 4.69) is 16.0 Å². The third-order valence-corrected chi connectivity index (χ3v) is 11.2. The predicted molar refractivity (Wildman–Crippen MR) is 136 cm³/mol. The summed E-state index contributed by atoms with van der Waals surface area (Å²) in [5, 5.41) is 9.60. The van der Waals surface area contributed by atoms with Crippen LogP contribution in [0.5, 0.6) is 0 Å². The molecule has 0 aromatic heterocycles. The highest BCUT2D eigenvalue weighted by molar-refractivity contribution is 7.89. The molecule has 4 fully saturated rings. The number of rotatable bonds is 10. The molecule has 3 aliphatic heterocycles. The van der Waals surface area contributed by atoms with Gasteiger partial charge < -0.3 is 25.4 Å². The molecule has 3 N–H and O–H groups in total. The number of methoxy groups -OCH3 is 2. The Hall–Kier alpha value is -0.780. The van der Waals surface area contributed by atoms with Gasteiger partial charge in [-0.15, -0.1) is 0 Å². The fourth-order valence-corrected chi connectivity index (χ4v) is 8.75. The molecule has 1 aliphatic carbocycles. The van der Waals surface area contributed by atoms with Crippen molar-refractivity contribution in [2.45, 2.75) is 93.7 Å². The highest BCUT2D eigenvalue weighted by Crippen LogP contribution is 2.33. The predicted octanol–water partition coefficient (Wildman–Crippen LogP) is 1.24. The van der Waals surface area contributed by atoms with Crippen molar-refractivity contribution in [1.82, 2.24) is 20.3 Å². The molecular formula is C25H46N4O5S. The monoisotopic (exact) mass is 514 g/mol. The first kappa shape index (κ1) is 27.3. The van der Waals surface area contributed by atoms with Crippen LogP contribution in [-0.2, 0) is 24.3 Å². The molecule has 35 heavy (non-hydrogen) atoms. The van der Waals surface area contributed by atoms with E-state index in [1.807, 2.05) is 0 Å². The second kappa shape index (κ2) is 12.6. The molecule has 0 bridgehead atoms. The lowest BCUT2D eigenvalue weighted by Gasteiger charge is -2.39. The Balaban J connectivity index is 1.11. The van der Waals surface area contributed by atoms with Crippen molar-refractivity contribution >= 4 is 15.9 Å². The van der Waals surface area contributed by atoms with Gasteiger partial charge in [-0.1, -0.05) is 12.8 Å². The van der Waals surface area contributed by atoms with Crippen molar-refractivity contribution in [2.75, 3.05) is 46.9 Å². The zero-order chi connectivity index (χ0) is 24.8. The summed E-state index contributed by atoms with van der Waals surface area (Å²) in [5.74, 6) is 1.29. The normalized spacial score (nSPS) is 35.0. The zero-order valence-electron chi connectivity index (χ0n) is 21.5. The maximum Gasteiger partial charge on any atom is 0.237 e. The van der Waals surface area contributed by atoms with Gasteiger partial charge in [-0.3, -0.25) is 4.79 Å². The number of sulfonamides is 1. The fourth-order valence-electron chi connectivity index (χ4n) is 6.61. The summed E-state index contributed by atoms with van der Waals surface area (Å²) < 4.78 is 39.4. The number of nitrogens with zero attached hydrogens (tertiary/aromatic N) is 1. The van der Waals surface area contributed by atoms with Gasteiger partial charge in [0.15, 0.2) is 0 Å². The van der Waals surface area contributed by atoms with Gasteiger partial charge in [0, 0.05) is 46.3 Å². The summed E-state index contributed by atoms with van der Waals surface area (Å²) in [7, 11) is -0.0743. The molecule has 6 atom stereocenters. The van der Waals surface area contributed by atoms with E-state index in [1.54, 1.807) is 18.5 Å². The Labute approximate surface area is 211 Å². The van der Waals surface area contributed by atoms with Crippen LogP contribution in [-0.4, -0.2) is 95.1 Å². The minimum Gasteiger partial charge on any atom is -0.381 e. The number of amides is 1. The second-order valence-corrected chi connectivity index (χ2v) is 13.1. The van der Waals surface area contributed by atoms with E-state index in [9.17, 15) is 13.2 Å². The number of fused-ring (bicyclic) bond motifs is 1. The molecule has 4 rings (SSSR count). The molecule has 0 radical (unpaired) electrons. The molecular weight excluding hydrogens is 468 g/mol. The minimum atomic E-state index is -3.36. The van der Waals surface area contributed by atoms with Gasteiger partial charge in [0.2, 0.25) is 15.9 Å². The van der Waals surface area contributed by atoms with Crippen molar-refractivity contribution < 1.29 is 22.7 Å². The van der Waals surface area contributed by atoms with Crippen LogP contribution < -0.4 is 16.0 Å². The molecule has 1 saturated carbocycles. The summed E-state index contributed by atoms with van der Waals surface area (Å²) >= 11 is 0. The summed E-state index contributed by atoms with van der Waals surface area (Å²) in [6, 6.07) is 0.445. The largest absolute Gasteiger partial charge is 0.381 e. The smallest absolute Gasteiger partial charge is 0.237 e. The van der Waals surface area contributed by atoms with E-state index in [0.29, 0.717) is 43.8 Å². The average molecular weight is 515 g/mol. The summed E-state index contributed by atoms with van der Waals surface area (Å²) in [6.07, 6.45) is 8.80. The van der Waals surface area contributed by atoms with E-state index in [0.717, 1.165) is 71.0 Å². The van der Waals surface area contributed by atoms with Crippen molar-refractivity contribution in [2.24, 2.45) is 11.8 Å². The van der Waals surface area contributed by atoms with Crippen LogP contribution in [0.4, 0.5) is 0 Å². The Morgan fingerprint density at radius 1 is 1.03 bits per heavy atom. The van der Waals surface area contributed by atoms with Crippen molar-refractivity contribution in [3.63, 3.8) is 0 Å². The summed E-state index contributed by atoms with van der Waals surface area (Å²) in [4.78, 5) is 12.5. The standard InChI is InChI=1S/C25H46N4O5S/c1-33-20-6-7-24(23(16-20)34-2)35(31,32)29-13-9-18(10-14-29)5-3-4-11-27-25(30)22-15-19-17-26-12-8-21(19)28-22/h18-24,26,28H,3-17H2,1-2H3,(H,27,30). The molecule has 10 heteroatoms. The number of unbranched alkanes of at least 4 members (excludes halogenated alkanes) is 1. The number of ether oxygens (including phenoxy) is 2. The Kier molecular flexibility index (Phi) is 9.85. The summed E-state index contributed by atoms with van der Waals surface area (Å²) in [5.41, 5.74) is 0. The van der Waals surface area contributed by atoms with Gasteiger partial charge in [0.1, 0.15) is 5.25 Å². The van der Waals surface area contributed by atoms with E-state index in [4.69, 9.17) is 9.47 Å². The van der Waals surface area contributed by atoms with Crippen molar-refractivity contribution in [3.05, 3.63) is 0 Å². The SMILES string of the molecule is COC1CCC(S(=O)(=O)N2CCC(CCCCNC(=O)C3CC4CNCCC4N3)CC2)C(OC)C1. The third-order valence-electron chi connectivity index (χ3n) is 8.85.